The molecule has 0 aliphatic rings. The zero-order chi connectivity index (χ0) is 13.3. The van der Waals surface area contributed by atoms with Crippen LogP contribution in [0.15, 0.2) is 30.5 Å². The van der Waals surface area contributed by atoms with Gasteiger partial charge in [0.05, 0.1) is 0 Å². The molecular weight excluding hydrogens is 227 g/mol. The van der Waals surface area contributed by atoms with Crippen LogP contribution in [-0.2, 0) is 6.42 Å². The predicted molar refractivity (Wildman–Crippen MR) is 74.3 cm³/mol. The van der Waals surface area contributed by atoms with Crippen molar-refractivity contribution in [3.63, 3.8) is 0 Å². The van der Waals surface area contributed by atoms with Gasteiger partial charge in [0.15, 0.2) is 0 Å². The van der Waals surface area contributed by atoms with Gasteiger partial charge in [0.1, 0.15) is 5.67 Å². The maximum Gasteiger partial charge on any atom is 0.120 e. The number of alkyl halides is 1. The van der Waals surface area contributed by atoms with Crippen molar-refractivity contribution in [2.75, 3.05) is 0 Å². The number of nitrogens with one attached hydrogen (secondary N) is 1. The molecule has 0 radical (unpaired) electrons. The van der Waals surface area contributed by atoms with Gasteiger partial charge in [-0.1, -0.05) is 25.1 Å². The fraction of sp³-hybridized carbons (Fsp3) is 0.467. The number of aromatic nitrogens is 1. The van der Waals surface area contributed by atoms with Crippen molar-refractivity contribution < 1.29 is 4.39 Å². The minimum Gasteiger partial charge on any atom is -0.361 e. The first-order valence-corrected chi connectivity index (χ1v) is 6.39. The Hall–Kier alpha value is -1.35. The van der Waals surface area contributed by atoms with Gasteiger partial charge in [0.25, 0.3) is 0 Å². The maximum atomic E-state index is 13.8. The van der Waals surface area contributed by atoms with Crippen molar-refractivity contribution in [3.8, 4) is 0 Å². The van der Waals surface area contributed by atoms with E-state index >= 15 is 0 Å². The van der Waals surface area contributed by atoms with Crippen LogP contribution in [0.2, 0.25) is 0 Å². The Morgan fingerprint density at radius 2 is 2.00 bits per heavy atom. The molecule has 0 bridgehead atoms. The van der Waals surface area contributed by atoms with Gasteiger partial charge < -0.3 is 10.7 Å². The summed E-state index contributed by atoms with van der Waals surface area (Å²) in [5.41, 5.74) is 6.95. The smallest absolute Gasteiger partial charge is 0.120 e. The zero-order valence-electron chi connectivity index (χ0n) is 11.2. The number of fused-ring (bicyclic) bond motifs is 1. The van der Waals surface area contributed by atoms with E-state index in [1.165, 1.54) is 10.9 Å². The first-order valence-electron chi connectivity index (χ1n) is 6.39. The van der Waals surface area contributed by atoms with Gasteiger partial charge in [-0.15, -0.1) is 0 Å². The van der Waals surface area contributed by atoms with Gasteiger partial charge in [-0.25, -0.2) is 4.39 Å². The normalized spacial score (nSPS) is 15.8. The average molecular weight is 248 g/mol. The van der Waals surface area contributed by atoms with E-state index in [2.05, 4.69) is 11.1 Å². The largest absolute Gasteiger partial charge is 0.361 e. The average Bonchev–Trinajstić information content (AvgIpc) is 2.70. The van der Waals surface area contributed by atoms with Crippen molar-refractivity contribution in [1.82, 2.24) is 4.98 Å². The SMILES string of the molecule is CC(Cc1c[nH]c2ccccc12)C(N)C(C)(C)F. The highest BCUT2D eigenvalue weighted by molar-refractivity contribution is 5.83. The molecule has 2 nitrogen and oxygen atoms in total. The number of nitrogens with two attached hydrogens (primary N) is 1. The molecule has 18 heavy (non-hydrogen) atoms. The van der Waals surface area contributed by atoms with Crippen LogP contribution >= 0.6 is 0 Å². The third-order valence-electron chi connectivity index (χ3n) is 3.62. The van der Waals surface area contributed by atoms with E-state index in [-0.39, 0.29) is 5.92 Å². The summed E-state index contributed by atoms with van der Waals surface area (Å²) in [5, 5.41) is 1.20. The molecule has 2 unspecified atom stereocenters. The summed E-state index contributed by atoms with van der Waals surface area (Å²) < 4.78 is 13.8. The summed E-state index contributed by atoms with van der Waals surface area (Å²) in [6.07, 6.45) is 2.79. The molecule has 0 saturated heterocycles. The number of benzene rings is 1. The molecule has 0 spiro atoms. The Bertz CT molecular complexity index is 525. The lowest BCUT2D eigenvalue weighted by Crippen LogP contribution is -2.45. The first-order chi connectivity index (χ1) is 8.39. The highest BCUT2D eigenvalue weighted by Gasteiger charge is 2.30. The molecule has 0 aliphatic carbocycles. The second kappa shape index (κ2) is 4.73. The molecule has 0 fully saturated rings. The first kappa shape index (κ1) is 13.1. The highest BCUT2D eigenvalue weighted by Crippen LogP contribution is 2.25. The van der Waals surface area contributed by atoms with Crippen LogP contribution in [0.5, 0.6) is 0 Å². The lowest BCUT2D eigenvalue weighted by atomic mass is 9.86. The van der Waals surface area contributed by atoms with Crippen molar-refractivity contribution in [2.24, 2.45) is 11.7 Å². The number of hydrogen-bond acceptors (Lipinski definition) is 1. The highest BCUT2D eigenvalue weighted by atomic mass is 19.1. The fourth-order valence-corrected chi connectivity index (χ4v) is 2.45. The molecule has 1 aromatic carbocycles. The van der Waals surface area contributed by atoms with Crippen LogP contribution in [0.4, 0.5) is 4.39 Å². The molecule has 2 atom stereocenters. The monoisotopic (exact) mass is 248 g/mol. The summed E-state index contributed by atoms with van der Waals surface area (Å²) in [7, 11) is 0. The summed E-state index contributed by atoms with van der Waals surface area (Å²) in [4.78, 5) is 3.24. The molecule has 0 saturated carbocycles. The Labute approximate surface area is 107 Å². The predicted octanol–water partition coefficient (Wildman–Crippen LogP) is 3.42. The lowest BCUT2D eigenvalue weighted by molar-refractivity contribution is 0.139. The lowest BCUT2D eigenvalue weighted by Gasteiger charge is -2.28. The molecule has 0 amide bonds. The maximum absolute atomic E-state index is 13.8. The molecule has 3 heteroatoms. The van der Waals surface area contributed by atoms with Gasteiger partial charge in [0, 0.05) is 23.1 Å². The zero-order valence-corrected chi connectivity index (χ0v) is 11.2. The second-order valence-corrected chi connectivity index (χ2v) is 5.63. The minimum atomic E-state index is -1.34. The van der Waals surface area contributed by atoms with Crippen molar-refractivity contribution in [2.45, 2.75) is 38.9 Å². The van der Waals surface area contributed by atoms with Gasteiger partial charge in [-0.3, -0.25) is 0 Å². The summed E-state index contributed by atoms with van der Waals surface area (Å²) >= 11 is 0. The van der Waals surface area contributed by atoms with Crippen LogP contribution in [0.1, 0.15) is 26.3 Å². The Morgan fingerprint density at radius 3 is 2.67 bits per heavy atom. The molecule has 0 aliphatic heterocycles. The van der Waals surface area contributed by atoms with E-state index in [4.69, 9.17) is 5.73 Å². The van der Waals surface area contributed by atoms with Crippen LogP contribution in [0.3, 0.4) is 0 Å². The number of H-pyrrole nitrogens is 1. The number of rotatable bonds is 4. The van der Waals surface area contributed by atoms with E-state index in [0.29, 0.717) is 0 Å². The third kappa shape index (κ3) is 2.56. The topological polar surface area (TPSA) is 41.8 Å². The number of para-hydroxylation sites is 1. The van der Waals surface area contributed by atoms with Crippen molar-refractivity contribution >= 4 is 10.9 Å². The Morgan fingerprint density at radius 1 is 1.33 bits per heavy atom. The van der Waals surface area contributed by atoms with E-state index in [1.807, 2.05) is 31.3 Å². The second-order valence-electron chi connectivity index (χ2n) is 5.63. The molecule has 3 N–H and O–H groups in total. The number of halogens is 1. The van der Waals surface area contributed by atoms with Crippen LogP contribution in [-0.4, -0.2) is 16.7 Å². The van der Waals surface area contributed by atoms with Crippen LogP contribution in [0.25, 0.3) is 10.9 Å². The van der Waals surface area contributed by atoms with Gasteiger partial charge in [0.2, 0.25) is 0 Å². The van der Waals surface area contributed by atoms with E-state index in [9.17, 15) is 4.39 Å². The van der Waals surface area contributed by atoms with Gasteiger partial charge in [-0.2, -0.15) is 0 Å². The van der Waals surface area contributed by atoms with Gasteiger partial charge >= 0.3 is 0 Å². The molecule has 2 aromatic rings. The summed E-state index contributed by atoms with van der Waals surface area (Å²) in [5.74, 6) is 0.101. The number of aromatic amines is 1. The molecule has 2 rings (SSSR count). The van der Waals surface area contributed by atoms with Crippen molar-refractivity contribution in [3.05, 3.63) is 36.0 Å². The van der Waals surface area contributed by atoms with Crippen LogP contribution < -0.4 is 5.73 Å². The van der Waals surface area contributed by atoms with Gasteiger partial charge in [-0.05, 0) is 37.8 Å². The van der Waals surface area contributed by atoms with Crippen LogP contribution in [0, 0.1) is 5.92 Å². The molecule has 1 heterocycles. The molecule has 98 valence electrons. The molecular formula is C15H21FN2. The van der Waals surface area contributed by atoms with E-state index in [0.717, 1.165) is 11.9 Å². The van der Waals surface area contributed by atoms with E-state index in [1.54, 1.807) is 13.8 Å². The minimum absolute atomic E-state index is 0.101. The number of hydrogen-bond donors (Lipinski definition) is 2. The Balaban J connectivity index is 2.19. The van der Waals surface area contributed by atoms with Crippen molar-refractivity contribution in [1.29, 1.82) is 0 Å². The standard InChI is InChI=1S/C15H21FN2/c1-10(14(17)15(2,3)16)8-11-9-18-13-7-5-4-6-12(11)13/h4-7,9-10,14,18H,8,17H2,1-3H3. The summed E-state index contributed by atoms with van der Waals surface area (Å²) in [6.45, 7) is 5.10. The fourth-order valence-electron chi connectivity index (χ4n) is 2.45. The Kier molecular flexibility index (Phi) is 3.44. The molecule has 1 aromatic heterocycles. The summed E-state index contributed by atoms with van der Waals surface area (Å²) in [6, 6.07) is 7.69. The quantitative estimate of drug-likeness (QED) is 0.855. The van der Waals surface area contributed by atoms with E-state index < -0.39 is 11.7 Å². The third-order valence-corrected chi connectivity index (χ3v) is 3.62.